The van der Waals surface area contributed by atoms with Gasteiger partial charge in [0, 0.05) is 14.2 Å². The number of phosphoric acid groups is 1. The average Bonchev–Trinajstić information content (AvgIpc) is 2.28. The second kappa shape index (κ2) is 5.42. The van der Waals surface area contributed by atoms with Crippen LogP contribution in [0, 0.1) is 6.92 Å². The summed E-state index contributed by atoms with van der Waals surface area (Å²) in [5.41, 5.74) is 2.04. The van der Waals surface area contributed by atoms with Gasteiger partial charge in [0.25, 0.3) is 0 Å². The fourth-order valence-electron chi connectivity index (χ4n) is 1.10. The van der Waals surface area contributed by atoms with Crippen molar-refractivity contribution in [3.63, 3.8) is 0 Å². The van der Waals surface area contributed by atoms with Gasteiger partial charge in [-0.25, -0.2) is 4.57 Å². The van der Waals surface area contributed by atoms with Crippen molar-refractivity contribution in [2.75, 3.05) is 14.2 Å². The van der Waals surface area contributed by atoms with Crippen molar-refractivity contribution >= 4 is 7.82 Å². The molecule has 0 saturated carbocycles. The van der Waals surface area contributed by atoms with Gasteiger partial charge in [-0.1, -0.05) is 24.3 Å². The van der Waals surface area contributed by atoms with E-state index in [0.717, 1.165) is 11.1 Å². The molecule has 0 aromatic heterocycles. The Kier molecular flexibility index (Phi) is 4.48. The van der Waals surface area contributed by atoms with Crippen LogP contribution in [-0.4, -0.2) is 14.2 Å². The first kappa shape index (κ1) is 12.4. The number of hydrogen-bond acceptors (Lipinski definition) is 4. The fourth-order valence-corrected chi connectivity index (χ4v) is 1.76. The highest BCUT2D eigenvalue weighted by Gasteiger charge is 2.22. The van der Waals surface area contributed by atoms with Crippen LogP contribution in [0.4, 0.5) is 0 Å². The van der Waals surface area contributed by atoms with Gasteiger partial charge in [0.15, 0.2) is 0 Å². The van der Waals surface area contributed by atoms with E-state index >= 15 is 0 Å². The maximum absolute atomic E-state index is 11.6. The average molecular weight is 230 g/mol. The summed E-state index contributed by atoms with van der Waals surface area (Å²) in [7, 11) is -0.779. The summed E-state index contributed by atoms with van der Waals surface area (Å²) in [6, 6.07) is 7.70. The molecule has 0 heterocycles. The van der Waals surface area contributed by atoms with Crippen LogP contribution in [0.5, 0.6) is 0 Å². The quantitative estimate of drug-likeness (QED) is 0.729. The highest BCUT2D eigenvalue weighted by atomic mass is 31.2. The van der Waals surface area contributed by atoms with Gasteiger partial charge in [-0.15, -0.1) is 0 Å². The van der Waals surface area contributed by atoms with E-state index < -0.39 is 7.82 Å². The van der Waals surface area contributed by atoms with Gasteiger partial charge in [0.2, 0.25) is 0 Å². The largest absolute Gasteiger partial charge is 0.474 e. The van der Waals surface area contributed by atoms with Crippen molar-refractivity contribution in [2.24, 2.45) is 0 Å². The summed E-state index contributed by atoms with van der Waals surface area (Å²) < 4.78 is 26.0. The monoisotopic (exact) mass is 230 g/mol. The Bertz CT molecular complexity index is 356. The zero-order valence-electron chi connectivity index (χ0n) is 9.10. The standard InChI is InChI=1S/C10H15O4P/c1-9-6-4-5-7-10(9)8-14-15(11,12-2)13-3/h4-7H,8H2,1-3H3. The molecule has 0 N–H and O–H groups in total. The van der Waals surface area contributed by atoms with Crippen LogP contribution in [-0.2, 0) is 24.7 Å². The Morgan fingerprint density at radius 2 is 1.80 bits per heavy atom. The van der Waals surface area contributed by atoms with Crippen LogP contribution in [0.3, 0.4) is 0 Å². The topological polar surface area (TPSA) is 44.8 Å². The summed E-state index contributed by atoms with van der Waals surface area (Å²) in [4.78, 5) is 0. The zero-order valence-corrected chi connectivity index (χ0v) is 9.99. The maximum Gasteiger partial charge on any atom is 0.474 e. The van der Waals surface area contributed by atoms with Crippen LogP contribution >= 0.6 is 7.82 Å². The number of phosphoric ester groups is 1. The first-order chi connectivity index (χ1) is 7.11. The third-order valence-electron chi connectivity index (χ3n) is 2.09. The maximum atomic E-state index is 11.6. The molecule has 0 amide bonds. The minimum absolute atomic E-state index is 0.214. The zero-order chi connectivity index (χ0) is 11.3. The molecular formula is C10H15O4P. The van der Waals surface area contributed by atoms with E-state index in [-0.39, 0.29) is 6.61 Å². The van der Waals surface area contributed by atoms with Crippen molar-refractivity contribution in [3.05, 3.63) is 35.4 Å². The van der Waals surface area contributed by atoms with Crippen LogP contribution in [0.2, 0.25) is 0 Å². The minimum atomic E-state index is -3.37. The Hall–Kier alpha value is -0.670. The van der Waals surface area contributed by atoms with E-state index in [4.69, 9.17) is 4.52 Å². The van der Waals surface area contributed by atoms with Crippen molar-refractivity contribution in [1.29, 1.82) is 0 Å². The lowest BCUT2D eigenvalue weighted by molar-refractivity contribution is 0.145. The summed E-state index contributed by atoms with van der Waals surface area (Å²) >= 11 is 0. The molecule has 0 spiro atoms. The Morgan fingerprint density at radius 3 is 2.33 bits per heavy atom. The highest BCUT2D eigenvalue weighted by molar-refractivity contribution is 7.48. The van der Waals surface area contributed by atoms with Gasteiger partial charge in [-0.05, 0) is 18.1 Å². The van der Waals surface area contributed by atoms with E-state index in [2.05, 4.69) is 9.05 Å². The molecular weight excluding hydrogens is 215 g/mol. The molecule has 5 heteroatoms. The molecule has 1 aromatic carbocycles. The summed E-state index contributed by atoms with van der Waals surface area (Å²) in [6.45, 7) is 2.18. The highest BCUT2D eigenvalue weighted by Crippen LogP contribution is 2.48. The lowest BCUT2D eigenvalue weighted by Crippen LogP contribution is -1.97. The number of rotatable bonds is 5. The SMILES string of the molecule is COP(=O)(OC)OCc1ccccc1C. The molecule has 0 aliphatic heterocycles. The van der Waals surface area contributed by atoms with E-state index in [1.807, 2.05) is 31.2 Å². The third-order valence-corrected chi connectivity index (χ3v) is 3.43. The summed E-state index contributed by atoms with van der Waals surface area (Å²) in [6.07, 6.45) is 0. The van der Waals surface area contributed by atoms with Gasteiger partial charge in [0.05, 0.1) is 6.61 Å². The van der Waals surface area contributed by atoms with Crippen molar-refractivity contribution in [3.8, 4) is 0 Å². The van der Waals surface area contributed by atoms with Gasteiger partial charge < -0.3 is 0 Å². The number of benzene rings is 1. The molecule has 0 aliphatic carbocycles. The van der Waals surface area contributed by atoms with E-state index in [1.54, 1.807) is 0 Å². The molecule has 15 heavy (non-hydrogen) atoms. The third kappa shape index (κ3) is 3.43. The smallest absolute Gasteiger partial charge is 0.290 e. The Balaban J connectivity index is 2.65. The lowest BCUT2D eigenvalue weighted by atomic mass is 10.1. The molecule has 0 atom stereocenters. The van der Waals surface area contributed by atoms with Crippen LogP contribution < -0.4 is 0 Å². The number of hydrogen-bond donors (Lipinski definition) is 0. The molecule has 0 aliphatic rings. The van der Waals surface area contributed by atoms with E-state index in [0.29, 0.717) is 0 Å². The molecule has 0 radical (unpaired) electrons. The number of aryl methyl sites for hydroxylation is 1. The molecule has 0 fully saturated rings. The molecule has 1 aromatic rings. The fraction of sp³-hybridized carbons (Fsp3) is 0.400. The minimum Gasteiger partial charge on any atom is -0.290 e. The summed E-state index contributed by atoms with van der Waals surface area (Å²) in [5.74, 6) is 0. The normalized spacial score (nSPS) is 11.7. The van der Waals surface area contributed by atoms with Gasteiger partial charge in [-0.3, -0.25) is 13.6 Å². The van der Waals surface area contributed by atoms with Crippen LogP contribution in [0.15, 0.2) is 24.3 Å². The summed E-state index contributed by atoms with van der Waals surface area (Å²) in [5, 5.41) is 0. The Morgan fingerprint density at radius 1 is 1.20 bits per heavy atom. The second-order valence-electron chi connectivity index (χ2n) is 3.01. The van der Waals surface area contributed by atoms with Gasteiger partial charge in [-0.2, -0.15) is 0 Å². The second-order valence-corrected chi connectivity index (χ2v) is 4.90. The molecule has 0 bridgehead atoms. The van der Waals surface area contributed by atoms with Gasteiger partial charge >= 0.3 is 7.82 Å². The van der Waals surface area contributed by atoms with Crippen molar-refractivity contribution in [1.82, 2.24) is 0 Å². The lowest BCUT2D eigenvalue weighted by Gasteiger charge is -2.13. The molecule has 4 nitrogen and oxygen atoms in total. The first-order valence-corrected chi connectivity index (χ1v) is 5.98. The Labute approximate surface area is 89.8 Å². The van der Waals surface area contributed by atoms with Crippen LogP contribution in [0.1, 0.15) is 11.1 Å². The molecule has 84 valence electrons. The van der Waals surface area contributed by atoms with Crippen molar-refractivity contribution < 1.29 is 18.1 Å². The predicted octanol–water partition coefficient (Wildman–Crippen LogP) is 2.91. The van der Waals surface area contributed by atoms with E-state index in [1.165, 1.54) is 14.2 Å². The molecule has 0 saturated heterocycles. The van der Waals surface area contributed by atoms with Crippen molar-refractivity contribution in [2.45, 2.75) is 13.5 Å². The predicted molar refractivity (Wildman–Crippen MR) is 57.6 cm³/mol. The first-order valence-electron chi connectivity index (χ1n) is 4.52. The van der Waals surface area contributed by atoms with E-state index in [9.17, 15) is 4.57 Å². The van der Waals surface area contributed by atoms with Crippen LogP contribution in [0.25, 0.3) is 0 Å². The van der Waals surface area contributed by atoms with Gasteiger partial charge in [0.1, 0.15) is 0 Å². The molecule has 0 unspecified atom stereocenters. The molecule has 1 rings (SSSR count).